The summed E-state index contributed by atoms with van der Waals surface area (Å²) in [5.74, 6) is 0.920. The fourth-order valence-corrected chi connectivity index (χ4v) is 5.47. The molecule has 0 aromatic heterocycles. The lowest BCUT2D eigenvalue weighted by molar-refractivity contribution is -0.146. The van der Waals surface area contributed by atoms with Crippen LogP contribution in [0.1, 0.15) is 12.5 Å². The van der Waals surface area contributed by atoms with Crippen molar-refractivity contribution in [2.75, 3.05) is 32.8 Å². The molecule has 0 aliphatic carbocycles. The Morgan fingerprint density at radius 2 is 1.65 bits per heavy atom. The van der Waals surface area contributed by atoms with Gasteiger partial charge in [0.2, 0.25) is 12.0 Å². The van der Waals surface area contributed by atoms with E-state index in [4.69, 9.17) is 9.47 Å². The van der Waals surface area contributed by atoms with Gasteiger partial charge in [-0.25, -0.2) is 8.42 Å². The molecule has 11 heteroatoms. The van der Waals surface area contributed by atoms with E-state index in [0.717, 1.165) is 0 Å². The lowest BCUT2D eigenvalue weighted by atomic mass is 10.2. The predicted molar refractivity (Wildman–Crippen MR) is 122 cm³/mol. The second kappa shape index (κ2) is 8.64. The minimum Gasteiger partial charge on any atom is -0.485 e. The quantitative estimate of drug-likeness (QED) is 0.683. The first-order valence-corrected chi connectivity index (χ1v) is 12.5. The van der Waals surface area contributed by atoms with Gasteiger partial charge < -0.3 is 19.3 Å². The van der Waals surface area contributed by atoms with E-state index in [1.54, 1.807) is 47.1 Å². The van der Waals surface area contributed by atoms with Gasteiger partial charge >= 0.3 is 0 Å². The van der Waals surface area contributed by atoms with Crippen LogP contribution in [-0.4, -0.2) is 80.8 Å². The molecule has 2 aromatic carbocycles. The normalized spacial score (nSPS) is 22.6. The van der Waals surface area contributed by atoms with Crippen LogP contribution in [0, 0.1) is 0 Å². The highest BCUT2D eigenvalue weighted by Gasteiger charge is 2.35. The highest BCUT2D eigenvalue weighted by atomic mass is 32.2. The Labute approximate surface area is 197 Å². The van der Waals surface area contributed by atoms with Gasteiger partial charge in [-0.05, 0) is 31.2 Å². The molecule has 5 rings (SSSR count). The number of rotatable bonds is 3. The van der Waals surface area contributed by atoms with Crippen LogP contribution in [-0.2, 0) is 19.6 Å². The van der Waals surface area contributed by atoms with Crippen LogP contribution in [0.15, 0.2) is 58.4 Å². The number of benzene rings is 2. The molecule has 34 heavy (non-hydrogen) atoms. The van der Waals surface area contributed by atoms with E-state index in [2.05, 4.69) is 9.71 Å². The Kier molecular flexibility index (Phi) is 5.64. The summed E-state index contributed by atoms with van der Waals surface area (Å²) in [6, 6.07) is 12.9. The van der Waals surface area contributed by atoms with E-state index >= 15 is 0 Å². The molecule has 178 valence electrons. The third-order valence-corrected chi connectivity index (χ3v) is 7.43. The fraction of sp³-hybridized carbons (Fsp3) is 0.348. The summed E-state index contributed by atoms with van der Waals surface area (Å²) in [6.07, 6.45) is -0.724. The number of carbonyl (C=O) groups excluding carboxylic acids is 2. The van der Waals surface area contributed by atoms with Crippen LogP contribution in [0.4, 0.5) is 0 Å². The van der Waals surface area contributed by atoms with Crippen molar-refractivity contribution < 1.29 is 27.5 Å². The molecule has 0 spiro atoms. The van der Waals surface area contributed by atoms with Gasteiger partial charge in [-0.15, -0.1) is 0 Å². The standard InChI is InChI=1S/C23H24N4O6S/c1-15(24-21-16-6-2-5-9-20(16)34(30,31)25-21)22(28)26-10-12-27(13-11-26)23(29)19-14-32-17-7-3-4-8-18(17)33-19/h2-9,15,19H,10-14H2,1H3,(H,24,25)/t15-,19-/m0/s1. The monoisotopic (exact) mass is 484 g/mol. The largest absolute Gasteiger partial charge is 0.485 e. The summed E-state index contributed by atoms with van der Waals surface area (Å²) in [6.45, 7) is 3.21. The van der Waals surface area contributed by atoms with Crippen molar-refractivity contribution >= 4 is 27.7 Å². The number of fused-ring (bicyclic) bond motifs is 2. The third-order valence-electron chi connectivity index (χ3n) is 6.03. The molecule has 0 bridgehead atoms. The Morgan fingerprint density at radius 3 is 2.41 bits per heavy atom. The predicted octanol–water partition coefficient (Wildman–Crippen LogP) is 0.624. The number of para-hydroxylation sites is 2. The molecule has 1 saturated heterocycles. The summed E-state index contributed by atoms with van der Waals surface area (Å²) in [5, 5.41) is 0. The third kappa shape index (κ3) is 4.07. The number of piperazine rings is 1. The lowest BCUT2D eigenvalue weighted by Crippen LogP contribution is -2.56. The summed E-state index contributed by atoms with van der Waals surface area (Å²) in [7, 11) is -3.67. The molecule has 3 heterocycles. The zero-order chi connectivity index (χ0) is 23.9. The SMILES string of the molecule is C[C@H](N=C1NS(=O)(=O)c2ccccc21)C(=O)N1CCN(C(=O)[C@@H]2COc3ccccc3O2)CC1. The first-order chi connectivity index (χ1) is 16.3. The number of hydrogen-bond acceptors (Lipinski definition) is 7. The molecule has 3 aliphatic rings. The van der Waals surface area contributed by atoms with Crippen LogP contribution in [0.2, 0.25) is 0 Å². The molecule has 1 fully saturated rings. The second-order valence-electron chi connectivity index (χ2n) is 8.27. The van der Waals surface area contributed by atoms with Crippen molar-refractivity contribution in [3.05, 3.63) is 54.1 Å². The molecular formula is C23H24N4O6S. The van der Waals surface area contributed by atoms with Gasteiger partial charge in [0.25, 0.3) is 15.9 Å². The molecule has 2 atom stereocenters. The highest BCUT2D eigenvalue weighted by molar-refractivity contribution is 7.90. The molecule has 3 aliphatic heterocycles. The van der Waals surface area contributed by atoms with Crippen LogP contribution >= 0.6 is 0 Å². The Hall–Kier alpha value is -3.60. The van der Waals surface area contributed by atoms with E-state index in [9.17, 15) is 18.0 Å². The summed E-state index contributed by atoms with van der Waals surface area (Å²) < 4.78 is 38.4. The average molecular weight is 485 g/mol. The number of aliphatic imine (C=N–C) groups is 1. The van der Waals surface area contributed by atoms with E-state index in [1.165, 1.54) is 6.07 Å². The maximum absolute atomic E-state index is 13.0. The van der Waals surface area contributed by atoms with Crippen LogP contribution in [0.3, 0.4) is 0 Å². The van der Waals surface area contributed by atoms with Gasteiger partial charge in [-0.3, -0.25) is 19.3 Å². The molecule has 0 saturated carbocycles. The molecule has 10 nitrogen and oxygen atoms in total. The summed E-state index contributed by atoms with van der Waals surface area (Å²) in [4.78, 5) is 33.7. The van der Waals surface area contributed by atoms with Crippen molar-refractivity contribution in [2.45, 2.75) is 24.0 Å². The second-order valence-corrected chi connectivity index (χ2v) is 9.92. The van der Waals surface area contributed by atoms with Gasteiger partial charge in [-0.2, -0.15) is 0 Å². The fourth-order valence-electron chi connectivity index (χ4n) is 4.23. The summed E-state index contributed by atoms with van der Waals surface area (Å²) >= 11 is 0. The molecule has 0 radical (unpaired) electrons. The topological polar surface area (TPSA) is 118 Å². The van der Waals surface area contributed by atoms with Crippen molar-refractivity contribution in [2.24, 2.45) is 4.99 Å². The minimum absolute atomic E-state index is 0.140. The van der Waals surface area contributed by atoms with E-state index in [1.807, 2.05) is 12.1 Å². The van der Waals surface area contributed by atoms with Crippen molar-refractivity contribution in [1.29, 1.82) is 0 Å². The molecule has 2 amide bonds. The average Bonchev–Trinajstić information content (AvgIpc) is 3.12. The number of ether oxygens (including phenoxy) is 2. The Morgan fingerprint density at radius 1 is 1.00 bits per heavy atom. The van der Waals surface area contributed by atoms with Crippen molar-refractivity contribution in [3.8, 4) is 11.5 Å². The van der Waals surface area contributed by atoms with Crippen LogP contribution in [0.25, 0.3) is 0 Å². The molecule has 0 unspecified atom stereocenters. The number of nitrogens with zero attached hydrogens (tertiary/aromatic N) is 3. The van der Waals surface area contributed by atoms with Crippen LogP contribution < -0.4 is 14.2 Å². The number of amidine groups is 1. The molecule has 1 N–H and O–H groups in total. The van der Waals surface area contributed by atoms with Crippen molar-refractivity contribution in [3.63, 3.8) is 0 Å². The maximum Gasteiger partial charge on any atom is 0.267 e. The minimum atomic E-state index is -3.67. The van der Waals surface area contributed by atoms with Gasteiger partial charge in [0.05, 0.1) is 4.90 Å². The Balaban J connectivity index is 1.20. The summed E-state index contributed by atoms with van der Waals surface area (Å²) in [5.41, 5.74) is 0.453. The molecule has 2 aromatic rings. The first kappa shape index (κ1) is 22.2. The number of hydrogen-bond donors (Lipinski definition) is 1. The van der Waals surface area contributed by atoms with Crippen LogP contribution in [0.5, 0.6) is 11.5 Å². The van der Waals surface area contributed by atoms with Gasteiger partial charge in [0.1, 0.15) is 18.5 Å². The zero-order valence-electron chi connectivity index (χ0n) is 18.5. The van der Waals surface area contributed by atoms with Gasteiger partial charge in [0.15, 0.2) is 11.5 Å². The number of nitrogens with one attached hydrogen (secondary N) is 1. The van der Waals surface area contributed by atoms with Crippen molar-refractivity contribution in [1.82, 2.24) is 14.5 Å². The van der Waals surface area contributed by atoms with Gasteiger partial charge in [-0.1, -0.05) is 24.3 Å². The zero-order valence-corrected chi connectivity index (χ0v) is 19.3. The van der Waals surface area contributed by atoms with E-state index in [-0.39, 0.29) is 29.2 Å². The Bertz CT molecular complexity index is 1270. The lowest BCUT2D eigenvalue weighted by Gasteiger charge is -2.37. The number of amides is 2. The van der Waals surface area contributed by atoms with E-state index < -0.39 is 22.2 Å². The number of sulfonamides is 1. The number of carbonyl (C=O) groups is 2. The highest BCUT2D eigenvalue weighted by Crippen LogP contribution is 2.31. The van der Waals surface area contributed by atoms with E-state index in [0.29, 0.717) is 43.2 Å². The molecular weight excluding hydrogens is 460 g/mol. The van der Waals surface area contributed by atoms with Gasteiger partial charge in [0, 0.05) is 31.7 Å². The maximum atomic E-state index is 13.0. The smallest absolute Gasteiger partial charge is 0.267 e. The first-order valence-electron chi connectivity index (χ1n) is 11.0.